The number of amides is 1. The molecule has 0 saturated carbocycles. The molecule has 12 nitrogen and oxygen atoms in total. The molecule has 1 amide bonds. The number of benzene rings is 1. The van der Waals surface area contributed by atoms with Crippen LogP contribution in [-0.4, -0.2) is 83.3 Å². The number of ether oxygens (including phenoxy) is 2. The number of fused-ring (bicyclic) bond motifs is 1. The fourth-order valence-electron chi connectivity index (χ4n) is 4.77. The van der Waals surface area contributed by atoms with Gasteiger partial charge in [0.25, 0.3) is 5.91 Å². The predicted octanol–water partition coefficient (Wildman–Crippen LogP) is 2.67. The summed E-state index contributed by atoms with van der Waals surface area (Å²) in [6.45, 7) is 5.21. The number of para-hydroxylation sites is 1. The van der Waals surface area contributed by atoms with Crippen LogP contribution in [0.2, 0.25) is 0 Å². The monoisotopic (exact) mass is 545 g/mol. The maximum atomic E-state index is 14.7. The van der Waals surface area contributed by atoms with E-state index in [1.54, 1.807) is 31.5 Å². The van der Waals surface area contributed by atoms with Crippen molar-refractivity contribution in [3.63, 3.8) is 0 Å². The van der Waals surface area contributed by atoms with Crippen molar-refractivity contribution in [2.24, 2.45) is 5.73 Å². The van der Waals surface area contributed by atoms with Crippen LogP contribution in [0.3, 0.4) is 0 Å². The van der Waals surface area contributed by atoms with E-state index in [-0.39, 0.29) is 23.1 Å². The van der Waals surface area contributed by atoms with Crippen molar-refractivity contribution in [3.8, 4) is 5.75 Å². The lowest BCUT2D eigenvalue weighted by Gasteiger charge is -2.42. The SMILES string of the molecule is COc1cc(N2CCN(C3COC3)CC2)ncc1Nc1ncc(F)c(Nc2cc3ccccc3nc2C(N)=O)n1. The van der Waals surface area contributed by atoms with Gasteiger partial charge in [-0.15, -0.1) is 0 Å². The number of halogens is 1. The maximum absolute atomic E-state index is 14.7. The van der Waals surface area contributed by atoms with Crippen molar-refractivity contribution in [3.05, 3.63) is 60.3 Å². The van der Waals surface area contributed by atoms with Gasteiger partial charge < -0.3 is 30.7 Å². The Hall–Kier alpha value is -4.62. The molecule has 0 unspecified atom stereocenters. The summed E-state index contributed by atoms with van der Waals surface area (Å²) in [7, 11) is 1.56. The highest BCUT2D eigenvalue weighted by atomic mass is 19.1. The minimum atomic E-state index is -0.754. The molecule has 4 N–H and O–H groups in total. The molecule has 0 aliphatic carbocycles. The number of nitrogens with one attached hydrogen (secondary N) is 2. The van der Waals surface area contributed by atoms with Gasteiger partial charge in [0.15, 0.2) is 17.3 Å². The molecule has 3 aromatic heterocycles. The van der Waals surface area contributed by atoms with Crippen LogP contribution in [0.15, 0.2) is 48.8 Å². The fourth-order valence-corrected chi connectivity index (χ4v) is 4.77. The Morgan fingerprint density at radius 3 is 2.58 bits per heavy atom. The van der Waals surface area contributed by atoms with Gasteiger partial charge in [0.1, 0.15) is 17.3 Å². The number of hydrogen-bond donors (Lipinski definition) is 3. The Bertz CT molecular complexity index is 1560. The van der Waals surface area contributed by atoms with Crippen molar-refractivity contribution in [2.75, 3.05) is 62.0 Å². The number of aromatic nitrogens is 4. The van der Waals surface area contributed by atoms with Crippen LogP contribution in [0.5, 0.6) is 5.75 Å². The van der Waals surface area contributed by atoms with Crippen LogP contribution in [0.1, 0.15) is 10.5 Å². The van der Waals surface area contributed by atoms with Gasteiger partial charge in [0.2, 0.25) is 5.95 Å². The van der Waals surface area contributed by atoms with Gasteiger partial charge in [-0.3, -0.25) is 9.69 Å². The Morgan fingerprint density at radius 2 is 1.85 bits per heavy atom. The molecule has 0 bridgehead atoms. The van der Waals surface area contributed by atoms with Crippen molar-refractivity contribution < 1.29 is 18.7 Å². The standard InChI is InChI=1S/C27H28FN9O3/c1-39-22-11-23(37-8-6-36(7-9-37)17-14-40-15-17)30-13-21(22)34-27-31-12-18(28)26(35-27)33-20-10-16-4-2-3-5-19(16)32-24(20)25(29)38/h2-5,10-13,17H,6-9,14-15H2,1H3,(H2,29,38)(H2,31,33,34,35). The first-order valence-electron chi connectivity index (χ1n) is 12.9. The number of pyridine rings is 2. The van der Waals surface area contributed by atoms with E-state index >= 15 is 0 Å². The largest absolute Gasteiger partial charge is 0.494 e. The second kappa shape index (κ2) is 10.9. The number of nitrogens with zero attached hydrogens (tertiary/aromatic N) is 6. The van der Waals surface area contributed by atoms with Crippen molar-refractivity contribution >= 4 is 45.8 Å². The van der Waals surface area contributed by atoms with Gasteiger partial charge >= 0.3 is 0 Å². The fraction of sp³-hybridized carbons (Fsp3) is 0.296. The van der Waals surface area contributed by atoms with Gasteiger partial charge in [0.05, 0.1) is 50.0 Å². The second-order valence-electron chi connectivity index (χ2n) is 9.54. The predicted molar refractivity (Wildman–Crippen MR) is 148 cm³/mol. The van der Waals surface area contributed by atoms with E-state index in [1.165, 1.54) is 0 Å². The number of carbonyl (C=O) groups excluding carboxylic acids is 1. The molecule has 5 heterocycles. The van der Waals surface area contributed by atoms with E-state index in [0.29, 0.717) is 23.0 Å². The Balaban J connectivity index is 1.21. The van der Waals surface area contributed by atoms with Crippen molar-refractivity contribution in [1.29, 1.82) is 0 Å². The van der Waals surface area contributed by atoms with Crippen molar-refractivity contribution in [1.82, 2.24) is 24.8 Å². The number of rotatable bonds is 8. The third-order valence-corrected chi connectivity index (χ3v) is 7.05. The highest BCUT2D eigenvalue weighted by Crippen LogP contribution is 2.31. The third kappa shape index (κ3) is 5.16. The van der Waals surface area contributed by atoms with Crippen LogP contribution in [0.25, 0.3) is 10.9 Å². The van der Waals surface area contributed by atoms with Crippen LogP contribution in [0.4, 0.5) is 33.3 Å². The number of carbonyl (C=O) groups is 1. The molecular formula is C27H28FN9O3. The summed E-state index contributed by atoms with van der Waals surface area (Å²) in [5, 5.41) is 6.64. The van der Waals surface area contributed by atoms with Crippen molar-refractivity contribution in [2.45, 2.75) is 6.04 Å². The molecule has 2 saturated heterocycles. The van der Waals surface area contributed by atoms with Gasteiger partial charge in [-0.25, -0.2) is 19.3 Å². The molecule has 0 spiro atoms. The van der Waals surface area contributed by atoms with E-state index < -0.39 is 11.7 Å². The topological polar surface area (TPSA) is 144 Å². The minimum Gasteiger partial charge on any atom is -0.494 e. The van der Waals surface area contributed by atoms with Crippen LogP contribution in [0, 0.1) is 5.82 Å². The zero-order valence-corrected chi connectivity index (χ0v) is 21.8. The molecule has 1 aromatic carbocycles. The second-order valence-corrected chi connectivity index (χ2v) is 9.54. The van der Waals surface area contributed by atoms with E-state index in [2.05, 4.69) is 40.4 Å². The smallest absolute Gasteiger partial charge is 0.269 e. The number of primary amides is 1. The Morgan fingerprint density at radius 1 is 1.05 bits per heavy atom. The molecule has 2 aliphatic heterocycles. The summed E-state index contributed by atoms with van der Waals surface area (Å²) in [6, 6.07) is 11.3. The number of hydrogen-bond acceptors (Lipinski definition) is 11. The van der Waals surface area contributed by atoms with E-state index in [4.69, 9.17) is 15.2 Å². The number of piperazine rings is 1. The highest BCUT2D eigenvalue weighted by molar-refractivity contribution is 6.00. The molecular weight excluding hydrogens is 517 g/mol. The van der Waals surface area contributed by atoms with Crippen LogP contribution >= 0.6 is 0 Å². The summed E-state index contributed by atoms with van der Waals surface area (Å²) in [5.41, 5.74) is 6.84. The van der Waals surface area contributed by atoms with E-state index in [9.17, 15) is 9.18 Å². The average molecular weight is 546 g/mol. The minimum absolute atomic E-state index is 0.0328. The third-order valence-electron chi connectivity index (χ3n) is 7.05. The average Bonchev–Trinajstić information content (AvgIpc) is 2.94. The summed E-state index contributed by atoms with van der Waals surface area (Å²) in [6.07, 6.45) is 2.66. The van der Waals surface area contributed by atoms with Crippen LogP contribution < -0.4 is 26.0 Å². The molecule has 0 radical (unpaired) electrons. The number of methoxy groups -OCH3 is 1. The summed E-state index contributed by atoms with van der Waals surface area (Å²) >= 11 is 0. The molecule has 2 fully saturated rings. The lowest BCUT2D eigenvalue weighted by atomic mass is 10.1. The zero-order chi connectivity index (χ0) is 27.6. The Kier molecular flexibility index (Phi) is 6.97. The van der Waals surface area contributed by atoms with Crippen LogP contribution in [-0.2, 0) is 4.74 Å². The molecule has 0 atom stereocenters. The van der Waals surface area contributed by atoms with Gasteiger partial charge in [-0.05, 0) is 12.1 Å². The lowest BCUT2D eigenvalue weighted by Crippen LogP contribution is -2.56. The number of anilines is 5. The zero-order valence-electron chi connectivity index (χ0n) is 21.8. The van der Waals surface area contributed by atoms with E-state index in [1.807, 2.05) is 18.2 Å². The van der Waals surface area contributed by atoms with Gasteiger partial charge in [0, 0.05) is 37.6 Å². The first-order valence-corrected chi connectivity index (χ1v) is 12.9. The molecule has 6 rings (SSSR count). The molecule has 40 heavy (non-hydrogen) atoms. The summed E-state index contributed by atoms with van der Waals surface area (Å²) in [5.74, 6) is -0.190. The normalized spacial score (nSPS) is 16.0. The maximum Gasteiger partial charge on any atom is 0.269 e. The first-order chi connectivity index (χ1) is 19.5. The summed E-state index contributed by atoms with van der Waals surface area (Å²) < 4.78 is 25.7. The molecule has 206 valence electrons. The molecule has 2 aliphatic rings. The van der Waals surface area contributed by atoms with Gasteiger partial charge in [-0.1, -0.05) is 18.2 Å². The van der Waals surface area contributed by atoms with Gasteiger partial charge in [-0.2, -0.15) is 4.98 Å². The Labute approximate surface area is 229 Å². The van der Waals surface area contributed by atoms with E-state index in [0.717, 1.165) is 56.8 Å². The summed E-state index contributed by atoms with van der Waals surface area (Å²) in [4.78, 5) is 34.0. The quantitative estimate of drug-likeness (QED) is 0.301. The number of nitrogens with two attached hydrogens (primary N) is 1. The molecule has 13 heteroatoms. The lowest BCUT2D eigenvalue weighted by molar-refractivity contribution is -0.0661. The highest BCUT2D eigenvalue weighted by Gasteiger charge is 2.29. The molecule has 4 aromatic rings. The first kappa shape index (κ1) is 25.6.